The summed E-state index contributed by atoms with van der Waals surface area (Å²) in [6, 6.07) is 0.393. The topological polar surface area (TPSA) is 107 Å². The molecule has 0 fully saturated rings. The Hall–Kier alpha value is 0.00688. The van der Waals surface area contributed by atoms with Crippen LogP contribution in [0.25, 0.3) is 0 Å². The molecule has 0 aliphatic rings. The van der Waals surface area contributed by atoms with E-state index in [1.54, 1.807) is 7.05 Å². The Labute approximate surface area is 91.9 Å². The van der Waals surface area contributed by atoms with E-state index in [4.69, 9.17) is 14.1 Å². The fraction of sp³-hybridized carbons (Fsp3) is 1.00. The van der Waals surface area contributed by atoms with Gasteiger partial charge < -0.3 is 14.9 Å². The first-order chi connectivity index (χ1) is 6.85. The Bertz CT molecular complexity index is 256. The van der Waals surface area contributed by atoms with Crippen molar-refractivity contribution in [3.05, 3.63) is 0 Å². The van der Waals surface area contributed by atoms with Crippen molar-refractivity contribution in [2.45, 2.75) is 31.3 Å². The third-order valence-electron chi connectivity index (χ3n) is 2.15. The third-order valence-corrected chi connectivity index (χ3v) is 3.82. The van der Waals surface area contributed by atoms with Crippen LogP contribution < -0.4 is 5.32 Å². The van der Waals surface area contributed by atoms with Gasteiger partial charge in [-0.1, -0.05) is 6.42 Å². The normalized spacial score (nSPS) is 14.5. The summed E-state index contributed by atoms with van der Waals surface area (Å²) in [4.78, 5) is 17.5. The zero-order chi connectivity index (χ0) is 11.9. The van der Waals surface area contributed by atoms with E-state index in [1.165, 1.54) is 0 Å². The summed E-state index contributed by atoms with van der Waals surface area (Å²) in [5.74, 6) is -0.266. The molecule has 4 N–H and O–H groups in total. The number of hydrogen-bond acceptors (Lipinski definition) is 5. The van der Waals surface area contributed by atoms with Crippen LogP contribution in [0.3, 0.4) is 0 Å². The van der Waals surface area contributed by atoms with Crippen LogP contribution in [0.4, 0.5) is 0 Å². The molecule has 92 valence electrons. The summed E-state index contributed by atoms with van der Waals surface area (Å²) in [5.41, 5.74) is 0. The summed E-state index contributed by atoms with van der Waals surface area (Å²) < 4.78 is 29.5. The Kier molecular flexibility index (Phi) is 7.31. The van der Waals surface area contributed by atoms with Gasteiger partial charge in [0.25, 0.3) is 10.1 Å². The molecule has 0 amide bonds. The smallest absolute Gasteiger partial charge is 0.315 e. The van der Waals surface area contributed by atoms with Crippen LogP contribution in [0.5, 0.6) is 0 Å². The van der Waals surface area contributed by atoms with Gasteiger partial charge in [-0.05, 0) is 25.9 Å². The second kappa shape index (κ2) is 7.31. The van der Waals surface area contributed by atoms with E-state index < -0.39 is 19.4 Å². The van der Waals surface area contributed by atoms with Gasteiger partial charge in [0.2, 0.25) is 0 Å². The molecular weight excluding hydrogens is 238 g/mol. The molecule has 0 bridgehead atoms. The van der Waals surface area contributed by atoms with Crippen molar-refractivity contribution in [2.75, 3.05) is 12.8 Å². The number of nitrogens with one attached hydrogen (secondary N) is 1. The zero-order valence-corrected chi connectivity index (χ0v) is 10.7. The van der Waals surface area contributed by atoms with E-state index in [-0.39, 0.29) is 11.8 Å². The lowest BCUT2D eigenvalue weighted by Crippen LogP contribution is -2.28. The summed E-state index contributed by atoms with van der Waals surface area (Å²) in [7, 11) is -4.68. The van der Waals surface area contributed by atoms with Crippen LogP contribution in [0.1, 0.15) is 19.3 Å². The molecule has 0 aromatic rings. The van der Waals surface area contributed by atoms with Crippen molar-refractivity contribution in [1.29, 1.82) is 0 Å². The lowest BCUT2D eigenvalue weighted by atomic mass is 10.1. The first kappa shape index (κ1) is 15.0. The number of hydrogen-bond donors (Lipinski definition) is 4. The van der Waals surface area contributed by atoms with Crippen molar-refractivity contribution in [3.63, 3.8) is 0 Å². The zero-order valence-electron chi connectivity index (χ0n) is 8.76. The maximum absolute atomic E-state index is 10.5. The molecule has 6 nitrogen and oxygen atoms in total. The van der Waals surface area contributed by atoms with Crippen LogP contribution in [-0.4, -0.2) is 50.7 Å². The van der Waals surface area contributed by atoms with E-state index in [9.17, 15) is 8.42 Å². The summed E-state index contributed by atoms with van der Waals surface area (Å²) >= 11 is 0. The molecule has 8 heteroatoms. The van der Waals surface area contributed by atoms with Crippen molar-refractivity contribution in [2.24, 2.45) is 0 Å². The molecule has 15 heavy (non-hydrogen) atoms. The molecule has 0 aromatic heterocycles. The van der Waals surface area contributed by atoms with Gasteiger partial charge in [-0.2, -0.15) is 8.42 Å². The predicted molar refractivity (Wildman–Crippen MR) is 59.5 cm³/mol. The van der Waals surface area contributed by atoms with Crippen molar-refractivity contribution in [1.82, 2.24) is 5.32 Å². The monoisotopic (exact) mass is 257 g/mol. The quantitative estimate of drug-likeness (QED) is 0.323. The minimum Gasteiger partial charge on any atom is -0.413 e. The largest absolute Gasteiger partial charge is 0.413 e. The molecule has 1 unspecified atom stereocenters. The molecule has 0 radical (unpaired) electrons. The van der Waals surface area contributed by atoms with E-state index in [1.807, 2.05) is 0 Å². The molecular formula is C7H19NO5SSi. The standard InChI is InChI=1S/C7H19NO5SSi/c1-8-7(3-2-6-15(12)13)4-5-14(9,10)11/h7-8,12-13,15H,2-6H2,1H3,(H,9,10,11). The van der Waals surface area contributed by atoms with Crippen LogP contribution >= 0.6 is 0 Å². The Morgan fingerprint density at radius 3 is 2.33 bits per heavy atom. The fourth-order valence-electron chi connectivity index (χ4n) is 1.27. The van der Waals surface area contributed by atoms with Crippen LogP contribution in [0.15, 0.2) is 0 Å². The number of rotatable bonds is 8. The Morgan fingerprint density at radius 2 is 1.93 bits per heavy atom. The molecule has 0 rings (SSSR count). The van der Waals surface area contributed by atoms with Gasteiger partial charge in [-0.3, -0.25) is 4.55 Å². The van der Waals surface area contributed by atoms with Crippen LogP contribution in [-0.2, 0) is 10.1 Å². The van der Waals surface area contributed by atoms with Gasteiger partial charge >= 0.3 is 9.28 Å². The predicted octanol–water partition coefficient (Wildman–Crippen LogP) is -1.16. The van der Waals surface area contributed by atoms with Gasteiger partial charge in [0.05, 0.1) is 5.75 Å². The van der Waals surface area contributed by atoms with Gasteiger partial charge in [0.1, 0.15) is 0 Å². The highest BCUT2D eigenvalue weighted by atomic mass is 32.2. The average Bonchev–Trinajstić information content (AvgIpc) is 2.08. The van der Waals surface area contributed by atoms with E-state index in [0.29, 0.717) is 25.3 Å². The summed E-state index contributed by atoms with van der Waals surface area (Å²) in [6.45, 7) is 0. The van der Waals surface area contributed by atoms with Crippen LogP contribution in [0.2, 0.25) is 6.04 Å². The minimum atomic E-state index is -3.90. The van der Waals surface area contributed by atoms with Gasteiger partial charge in [0, 0.05) is 6.04 Å². The molecule has 0 saturated carbocycles. The van der Waals surface area contributed by atoms with E-state index in [2.05, 4.69) is 5.32 Å². The second-order valence-electron chi connectivity index (χ2n) is 3.47. The lowest BCUT2D eigenvalue weighted by Gasteiger charge is -2.14. The maximum atomic E-state index is 10.5. The summed E-state index contributed by atoms with van der Waals surface area (Å²) in [6.07, 6.45) is 1.66. The van der Waals surface area contributed by atoms with Gasteiger partial charge in [-0.15, -0.1) is 0 Å². The highest BCUT2D eigenvalue weighted by molar-refractivity contribution is 7.85. The summed E-state index contributed by atoms with van der Waals surface area (Å²) in [5, 5.41) is 2.92. The van der Waals surface area contributed by atoms with E-state index >= 15 is 0 Å². The average molecular weight is 257 g/mol. The van der Waals surface area contributed by atoms with Crippen LogP contribution in [0, 0.1) is 0 Å². The molecule has 0 aliphatic carbocycles. The van der Waals surface area contributed by atoms with Crippen molar-refractivity contribution >= 4 is 19.4 Å². The first-order valence-electron chi connectivity index (χ1n) is 4.83. The maximum Gasteiger partial charge on any atom is 0.315 e. The second-order valence-corrected chi connectivity index (χ2v) is 6.58. The fourth-order valence-corrected chi connectivity index (χ4v) is 2.45. The molecule has 0 heterocycles. The first-order valence-corrected chi connectivity index (χ1v) is 8.29. The lowest BCUT2D eigenvalue weighted by molar-refractivity contribution is 0.396. The molecule has 0 aromatic carbocycles. The molecule has 0 aliphatic heterocycles. The minimum absolute atomic E-state index is 0.0142. The van der Waals surface area contributed by atoms with E-state index in [0.717, 1.165) is 0 Å². The Balaban J connectivity index is 3.74. The van der Waals surface area contributed by atoms with Crippen molar-refractivity contribution < 1.29 is 22.6 Å². The highest BCUT2D eigenvalue weighted by Crippen LogP contribution is 2.06. The Morgan fingerprint density at radius 1 is 1.33 bits per heavy atom. The molecule has 0 spiro atoms. The third kappa shape index (κ3) is 10.3. The SMILES string of the molecule is CNC(CCC[SiH](O)O)CCS(=O)(=O)O. The van der Waals surface area contributed by atoms with Gasteiger partial charge in [0.15, 0.2) is 0 Å². The van der Waals surface area contributed by atoms with Crippen molar-refractivity contribution in [3.8, 4) is 0 Å². The highest BCUT2D eigenvalue weighted by Gasteiger charge is 2.12. The molecule has 1 atom stereocenters. The molecule has 0 saturated heterocycles. The van der Waals surface area contributed by atoms with Gasteiger partial charge in [-0.25, -0.2) is 0 Å².